The average Bonchev–Trinajstić information content (AvgIpc) is 3.01. The minimum absolute atomic E-state index is 0.486. The molecule has 84 valence electrons. The summed E-state index contributed by atoms with van der Waals surface area (Å²) in [4.78, 5) is 0. The van der Waals surface area contributed by atoms with E-state index < -0.39 is 0 Å². The number of nitrogens with two attached hydrogens (primary N) is 1. The number of nitrogen functional groups attached to an aromatic ring is 1. The smallest absolute Gasteiger partial charge is 0.113 e. The summed E-state index contributed by atoms with van der Waals surface area (Å²) in [6.45, 7) is 1.42. The van der Waals surface area contributed by atoms with Crippen molar-refractivity contribution >= 4 is 16.7 Å². The van der Waals surface area contributed by atoms with Crippen LogP contribution in [0.15, 0.2) is 18.2 Å². The van der Waals surface area contributed by atoms with Crippen LogP contribution in [0, 0.1) is 0 Å². The molecule has 0 saturated heterocycles. The lowest BCUT2D eigenvalue weighted by Crippen LogP contribution is -2.08. The fraction of sp³-hybridized carbons (Fsp3) is 0.455. The molecule has 0 aliphatic heterocycles. The molecular formula is C11H14N4O. The third-order valence-corrected chi connectivity index (χ3v) is 2.72. The molecule has 1 aliphatic carbocycles. The maximum atomic E-state index is 5.74. The van der Waals surface area contributed by atoms with Crippen LogP contribution in [0.2, 0.25) is 0 Å². The van der Waals surface area contributed by atoms with Gasteiger partial charge in [-0.3, -0.25) is 0 Å². The quantitative estimate of drug-likeness (QED) is 0.783. The summed E-state index contributed by atoms with van der Waals surface area (Å²) in [6.07, 6.45) is 2.88. The van der Waals surface area contributed by atoms with Gasteiger partial charge in [-0.15, -0.1) is 5.10 Å². The van der Waals surface area contributed by atoms with E-state index in [0.717, 1.165) is 23.3 Å². The second kappa shape index (κ2) is 3.75. The largest absolute Gasteiger partial charge is 0.399 e. The first-order chi connectivity index (χ1) is 7.83. The molecule has 0 bridgehead atoms. The fourth-order valence-corrected chi connectivity index (χ4v) is 1.69. The minimum atomic E-state index is 0.486. The van der Waals surface area contributed by atoms with Crippen LogP contribution >= 0.6 is 0 Å². The third-order valence-electron chi connectivity index (χ3n) is 2.72. The Hall–Kier alpha value is -1.62. The predicted octanol–water partition coefficient (Wildman–Crippen LogP) is 1.19. The molecule has 3 rings (SSSR count). The maximum absolute atomic E-state index is 5.74. The molecule has 1 heterocycles. The summed E-state index contributed by atoms with van der Waals surface area (Å²) in [5, 5.41) is 8.16. The topological polar surface area (TPSA) is 66.0 Å². The monoisotopic (exact) mass is 218 g/mol. The summed E-state index contributed by atoms with van der Waals surface area (Å²) in [5.74, 6) is 0. The molecule has 0 amide bonds. The number of hydrogen-bond donors (Lipinski definition) is 1. The first-order valence-electron chi connectivity index (χ1n) is 5.53. The zero-order valence-corrected chi connectivity index (χ0v) is 8.97. The predicted molar refractivity (Wildman–Crippen MR) is 60.9 cm³/mol. The van der Waals surface area contributed by atoms with E-state index >= 15 is 0 Å². The van der Waals surface area contributed by atoms with Crippen LogP contribution in [-0.4, -0.2) is 27.7 Å². The van der Waals surface area contributed by atoms with Gasteiger partial charge in [-0.1, -0.05) is 5.21 Å². The van der Waals surface area contributed by atoms with Crippen molar-refractivity contribution in [1.82, 2.24) is 15.0 Å². The van der Waals surface area contributed by atoms with Crippen molar-refractivity contribution in [3.8, 4) is 0 Å². The highest BCUT2D eigenvalue weighted by Crippen LogP contribution is 2.23. The number of benzene rings is 1. The number of anilines is 1. The van der Waals surface area contributed by atoms with Crippen molar-refractivity contribution in [2.24, 2.45) is 0 Å². The molecule has 0 spiro atoms. The summed E-state index contributed by atoms with van der Waals surface area (Å²) in [7, 11) is 0. The second-order valence-corrected chi connectivity index (χ2v) is 4.13. The van der Waals surface area contributed by atoms with Gasteiger partial charge in [0.15, 0.2) is 0 Å². The van der Waals surface area contributed by atoms with Crippen LogP contribution < -0.4 is 5.73 Å². The standard InChI is InChI=1S/C11H14N4O/c12-8-1-4-10-11(7-8)15(14-13-10)5-6-16-9-2-3-9/h1,4,7,9H,2-3,5-6,12H2. The molecule has 5 nitrogen and oxygen atoms in total. The Morgan fingerprint density at radius 3 is 3.12 bits per heavy atom. The van der Waals surface area contributed by atoms with E-state index in [9.17, 15) is 0 Å². The number of aromatic nitrogens is 3. The second-order valence-electron chi connectivity index (χ2n) is 4.13. The summed E-state index contributed by atoms with van der Waals surface area (Å²) in [6, 6.07) is 5.62. The molecule has 5 heteroatoms. The highest BCUT2D eigenvalue weighted by molar-refractivity contribution is 5.77. The maximum Gasteiger partial charge on any atom is 0.113 e. The van der Waals surface area contributed by atoms with Crippen molar-refractivity contribution in [3.63, 3.8) is 0 Å². The molecule has 1 saturated carbocycles. The van der Waals surface area contributed by atoms with Gasteiger partial charge in [0.05, 0.1) is 24.8 Å². The Morgan fingerprint density at radius 1 is 1.44 bits per heavy atom. The third kappa shape index (κ3) is 1.86. The first kappa shape index (κ1) is 9.59. The Morgan fingerprint density at radius 2 is 2.31 bits per heavy atom. The fourth-order valence-electron chi connectivity index (χ4n) is 1.69. The normalized spacial score (nSPS) is 15.8. The number of rotatable bonds is 4. The summed E-state index contributed by atoms with van der Waals surface area (Å²) >= 11 is 0. The highest BCUT2D eigenvalue weighted by Gasteiger charge is 2.21. The number of nitrogens with zero attached hydrogens (tertiary/aromatic N) is 3. The number of hydrogen-bond acceptors (Lipinski definition) is 4. The molecular weight excluding hydrogens is 204 g/mol. The van der Waals surface area contributed by atoms with E-state index in [1.807, 2.05) is 22.9 Å². The van der Waals surface area contributed by atoms with Gasteiger partial charge in [0.2, 0.25) is 0 Å². The number of ether oxygens (including phenoxy) is 1. The first-order valence-corrected chi connectivity index (χ1v) is 5.53. The van der Waals surface area contributed by atoms with Gasteiger partial charge < -0.3 is 10.5 Å². The van der Waals surface area contributed by atoms with Gasteiger partial charge in [0.1, 0.15) is 5.52 Å². The molecule has 0 atom stereocenters. The van der Waals surface area contributed by atoms with Crippen LogP contribution in [0.5, 0.6) is 0 Å². The van der Waals surface area contributed by atoms with Gasteiger partial charge >= 0.3 is 0 Å². The lowest BCUT2D eigenvalue weighted by Gasteiger charge is -2.03. The van der Waals surface area contributed by atoms with Gasteiger partial charge in [0, 0.05) is 5.69 Å². The summed E-state index contributed by atoms with van der Waals surface area (Å²) < 4.78 is 7.43. The Bertz CT molecular complexity index is 504. The molecule has 2 N–H and O–H groups in total. The Labute approximate surface area is 93.2 Å². The van der Waals surface area contributed by atoms with Gasteiger partial charge in [-0.25, -0.2) is 4.68 Å². The molecule has 1 aromatic carbocycles. The van der Waals surface area contributed by atoms with Gasteiger partial charge in [-0.2, -0.15) is 0 Å². The van der Waals surface area contributed by atoms with E-state index in [0.29, 0.717) is 12.7 Å². The van der Waals surface area contributed by atoms with E-state index in [1.165, 1.54) is 12.8 Å². The zero-order chi connectivity index (χ0) is 11.0. The van der Waals surface area contributed by atoms with Crippen molar-refractivity contribution < 1.29 is 4.74 Å². The molecule has 1 aromatic heterocycles. The molecule has 16 heavy (non-hydrogen) atoms. The Kier molecular flexibility index (Phi) is 2.25. The molecule has 2 aromatic rings. The minimum Gasteiger partial charge on any atom is -0.399 e. The molecule has 0 unspecified atom stereocenters. The lowest BCUT2D eigenvalue weighted by molar-refractivity contribution is 0.110. The van der Waals surface area contributed by atoms with Crippen molar-refractivity contribution in [1.29, 1.82) is 0 Å². The summed E-state index contributed by atoms with van der Waals surface area (Å²) in [5.41, 5.74) is 8.32. The lowest BCUT2D eigenvalue weighted by atomic mass is 10.3. The van der Waals surface area contributed by atoms with E-state index in [4.69, 9.17) is 10.5 Å². The zero-order valence-electron chi connectivity index (χ0n) is 8.97. The van der Waals surface area contributed by atoms with Crippen molar-refractivity contribution in [3.05, 3.63) is 18.2 Å². The van der Waals surface area contributed by atoms with Crippen molar-refractivity contribution in [2.45, 2.75) is 25.5 Å². The SMILES string of the molecule is Nc1ccc2nnn(CCOC3CC3)c2c1. The molecule has 1 aliphatic rings. The van der Waals surface area contributed by atoms with Crippen LogP contribution in [0.25, 0.3) is 11.0 Å². The van der Waals surface area contributed by atoms with E-state index in [-0.39, 0.29) is 0 Å². The van der Waals surface area contributed by atoms with Gasteiger partial charge in [0.25, 0.3) is 0 Å². The van der Waals surface area contributed by atoms with Crippen LogP contribution in [0.3, 0.4) is 0 Å². The van der Waals surface area contributed by atoms with E-state index in [2.05, 4.69) is 10.3 Å². The van der Waals surface area contributed by atoms with Crippen LogP contribution in [0.4, 0.5) is 5.69 Å². The highest BCUT2D eigenvalue weighted by atomic mass is 16.5. The molecule has 1 fully saturated rings. The Balaban J connectivity index is 1.76. The van der Waals surface area contributed by atoms with Crippen molar-refractivity contribution in [2.75, 3.05) is 12.3 Å². The van der Waals surface area contributed by atoms with Gasteiger partial charge in [-0.05, 0) is 31.0 Å². The average molecular weight is 218 g/mol. The van der Waals surface area contributed by atoms with Crippen LogP contribution in [-0.2, 0) is 11.3 Å². The van der Waals surface area contributed by atoms with Crippen LogP contribution in [0.1, 0.15) is 12.8 Å². The van der Waals surface area contributed by atoms with E-state index in [1.54, 1.807) is 0 Å². The molecule has 0 radical (unpaired) electrons. The number of fused-ring (bicyclic) bond motifs is 1.